The number of pyridine rings is 2. The Bertz CT molecular complexity index is 739. The maximum atomic E-state index is 14.4. The molecule has 2 aromatic heterocycles. The van der Waals surface area contributed by atoms with Crippen LogP contribution in [0.4, 0.5) is 8.78 Å². The highest BCUT2D eigenvalue weighted by molar-refractivity contribution is 5.68. The Morgan fingerprint density at radius 3 is 1.36 bits per heavy atom. The number of nitrogens with zero attached hydrogens (tertiary/aromatic N) is 2. The van der Waals surface area contributed by atoms with Crippen LogP contribution in [-0.4, -0.2) is 9.97 Å². The van der Waals surface area contributed by atoms with E-state index in [0.29, 0.717) is 11.4 Å². The molecular weight excluding hydrogens is 282 g/mol. The lowest BCUT2D eigenvalue weighted by Gasteiger charge is -2.08. The molecule has 3 rings (SSSR count). The van der Waals surface area contributed by atoms with E-state index in [1.165, 1.54) is 12.1 Å². The van der Waals surface area contributed by atoms with E-state index in [4.69, 9.17) is 0 Å². The minimum absolute atomic E-state index is 0.147. The minimum Gasteiger partial charge on any atom is -0.256 e. The number of aryl methyl sites for hydroxylation is 2. The molecule has 1 aromatic carbocycles. The molecule has 0 saturated heterocycles. The van der Waals surface area contributed by atoms with Gasteiger partial charge in [-0.15, -0.1) is 0 Å². The standard InChI is InChI=1S/C18H14F2N2/c1-11-3-7-15(21-9-11)13-5-6-14(18(20)17(13)19)16-8-4-12(2)10-22-16/h3-10H,1-2H3. The van der Waals surface area contributed by atoms with Gasteiger partial charge in [0, 0.05) is 23.5 Å². The molecule has 22 heavy (non-hydrogen) atoms. The highest BCUT2D eigenvalue weighted by Gasteiger charge is 2.17. The first kappa shape index (κ1) is 14.3. The SMILES string of the molecule is Cc1ccc(-c2ccc(-c3ccc(C)cn3)c(F)c2F)nc1. The molecule has 0 unspecified atom stereocenters. The molecule has 0 N–H and O–H groups in total. The van der Waals surface area contributed by atoms with Gasteiger partial charge < -0.3 is 0 Å². The lowest BCUT2D eigenvalue weighted by atomic mass is 10.0. The summed E-state index contributed by atoms with van der Waals surface area (Å²) in [6.45, 7) is 3.78. The summed E-state index contributed by atoms with van der Waals surface area (Å²) in [5.74, 6) is -1.81. The number of hydrogen-bond acceptors (Lipinski definition) is 2. The molecule has 0 bridgehead atoms. The molecular formula is C18H14F2N2. The Hall–Kier alpha value is -2.62. The van der Waals surface area contributed by atoms with E-state index >= 15 is 0 Å². The first-order valence-electron chi connectivity index (χ1n) is 6.90. The molecule has 0 aliphatic heterocycles. The largest absolute Gasteiger partial charge is 0.256 e. The zero-order chi connectivity index (χ0) is 15.7. The van der Waals surface area contributed by atoms with E-state index in [1.807, 2.05) is 26.0 Å². The van der Waals surface area contributed by atoms with Crippen molar-refractivity contribution in [1.29, 1.82) is 0 Å². The van der Waals surface area contributed by atoms with Gasteiger partial charge in [0.25, 0.3) is 0 Å². The molecule has 110 valence electrons. The zero-order valence-electron chi connectivity index (χ0n) is 12.3. The van der Waals surface area contributed by atoms with Crippen LogP contribution >= 0.6 is 0 Å². The van der Waals surface area contributed by atoms with Crippen molar-refractivity contribution in [2.45, 2.75) is 13.8 Å². The Balaban J connectivity index is 2.08. The predicted octanol–water partition coefficient (Wildman–Crippen LogP) is 4.71. The van der Waals surface area contributed by atoms with Crippen molar-refractivity contribution in [3.63, 3.8) is 0 Å². The third kappa shape index (κ3) is 2.60. The fraction of sp³-hybridized carbons (Fsp3) is 0.111. The number of halogens is 2. The summed E-state index contributed by atoms with van der Waals surface area (Å²) >= 11 is 0. The topological polar surface area (TPSA) is 25.8 Å². The number of rotatable bonds is 2. The number of aromatic nitrogens is 2. The van der Waals surface area contributed by atoms with Gasteiger partial charge >= 0.3 is 0 Å². The molecule has 0 radical (unpaired) electrons. The molecule has 0 fully saturated rings. The molecule has 2 nitrogen and oxygen atoms in total. The van der Waals surface area contributed by atoms with Crippen molar-refractivity contribution < 1.29 is 8.78 Å². The Labute approximate surface area is 127 Å². The van der Waals surface area contributed by atoms with Crippen LogP contribution in [0.5, 0.6) is 0 Å². The molecule has 0 amide bonds. The molecule has 2 heterocycles. The van der Waals surface area contributed by atoms with Crippen LogP contribution in [0.25, 0.3) is 22.5 Å². The van der Waals surface area contributed by atoms with Gasteiger partial charge in [-0.3, -0.25) is 9.97 Å². The Morgan fingerprint density at radius 2 is 1.05 bits per heavy atom. The lowest BCUT2D eigenvalue weighted by Crippen LogP contribution is -1.96. The van der Waals surface area contributed by atoms with Crippen LogP contribution in [0.1, 0.15) is 11.1 Å². The van der Waals surface area contributed by atoms with E-state index < -0.39 is 11.6 Å². The van der Waals surface area contributed by atoms with E-state index in [-0.39, 0.29) is 11.1 Å². The van der Waals surface area contributed by atoms with Gasteiger partial charge in [-0.2, -0.15) is 0 Å². The van der Waals surface area contributed by atoms with Crippen LogP contribution < -0.4 is 0 Å². The Morgan fingerprint density at radius 1 is 0.636 bits per heavy atom. The van der Waals surface area contributed by atoms with E-state index in [2.05, 4.69) is 9.97 Å². The normalized spacial score (nSPS) is 10.7. The summed E-state index contributed by atoms with van der Waals surface area (Å²) in [5, 5.41) is 0. The minimum atomic E-state index is -0.906. The van der Waals surface area contributed by atoms with Gasteiger partial charge in [-0.05, 0) is 49.2 Å². The quantitative estimate of drug-likeness (QED) is 0.684. The monoisotopic (exact) mass is 296 g/mol. The average molecular weight is 296 g/mol. The highest BCUT2D eigenvalue weighted by Crippen LogP contribution is 2.29. The van der Waals surface area contributed by atoms with E-state index in [1.54, 1.807) is 24.5 Å². The maximum Gasteiger partial charge on any atom is 0.168 e. The molecule has 0 aliphatic rings. The fourth-order valence-corrected chi connectivity index (χ4v) is 2.20. The van der Waals surface area contributed by atoms with Crippen molar-refractivity contribution in [2.24, 2.45) is 0 Å². The summed E-state index contributed by atoms with van der Waals surface area (Å²) < 4.78 is 28.7. The van der Waals surface area contributed by atoms with Gasteiger partial charge in [-0.25, -0.2) is 8.78 Å². The van der Waals surface area contributed by atoms with Crippen molar-refractivity contribution in [2.75, 3.05) is 0 Å². The molecule has 4 heteroatoms. The first-order valence-corrected chi connectivity index (χ1v) is 6.90. The molecule has 0 spiro atoms. The third-order valence-corrected chi connectivity index (χ3v) is 3.46. The van der Waals surface area contributed by atoms with Gasteiger partial charge in [0.15, 0.2) is 11.6 Å². The summed E-state index contributed by atoms with van der Waals surface area (Å²) in [4.78, 5) is 8.28. The molecule has 0 aliphatic carbocycles. The van der Waals surface area contributed by atoms with Crippen LogP contribution in [-0.2, 0) is 0 Å². The number of benzene rings is 1. The van der Waals surface area contributed by atoms with Crippen molar-refractivity contribution in [1.82, 2.24) is 9.97 Å². The average Bonchev–Trinajstić information content (AvgIpc) is 2.52. The molecule has 0 atom stereocenters. The van der Waals surface area contributed by atoms with Gasteiger partial charge in [0.05, 0.1) is 11.4 Å². The third-order valence-electron chi connectivity index (χ3n) is 3.46. The van der Waals surface area contributed by atoms with Crippen molar-refractivity contribution in [3.05, 3.63) is 71.6 Å². The highest BCUT2D eigenvalue weighted by atomic mass is 19.2. The maximum absolute atomic E-state index is 14.4. The van der Waals surface area contributed by atoms with Crippen LogP contribution in [0, 0.1) is 25.5 Å². The Kier molecular flexibility index (Phi) is 3.67. The molecule has 0 saturated carbocycles. The predicted molar refractivity (Wildman–Crippen MR) is 82.3 cm³/mol. The smallest absolute Gasteiger partial charge is 0.168 e. The van der Waals surface area contributed by atoms with E-state index in [9.17, 15) is 8.78 Å². The molecule has 3 aromatic rings. The summed E-state index contributed by atoms with van der Waals surface area (Å²) in [6.07, 6.45) is 3.25. The van der Waals surface area contributed by atoms with Crippen LogP contribution in [0.2, 0.25) is 0 Å². The van der Waals surface area contributed by atoms with Gasteiger partial charge in [-0.1, -0.05) is 12.1 Å². The van der Waals surface area contributed by atoms with E-state index in [0.717, 1.165) is 11.1 Å². The summed E-state index contributed by atoms with van der Waals surface area (Å²) in [6, 6.07) is 10.1. The van der Waals surface area contributed by atoms with Crippen LogP contribution in [0.3, 0.4) is 0 Å². The lowest BCUT2D eigenvalue weighted by molar-refractivity contribution is 0.513. The first-order chi connectivity index (χ1) is 10.6. The van der Waals surface area contributed by atoms with Crippen molar-refractivity contribution in [3.8, 4) is 22.5 Å². The zero-order valence-corrected chi connectivity index (χ0v) is 12.3. The summed E-state index contributed by atoms with van der Waals surface area (Å²) in [5.41, 5.74) is 3.03. The fourth-order valence-electron chi connectivity index (χ4n) is 2.20. The summed E-state index contributed by atoms with van der Waals surface area (Å²) in [7, 11) is 0. The second-order valence-corrected chi connectivity index (χ2v) is 5.23. The number of hydrogen-bond donors (Lipinski definition) is 0. The van der Waals surface area contributed by atoms with Crippen LogP contribution in [0.15, 0.2) is 48.8 Å². The van der Waals surface area contributed by atoms with Crippen molar-refractivity contribution >= 4 is 0 Å². The van der Waals surface area contributed by atoms with Gasteiger partial charge in [0.2, 0.25) is 0 Å². The van der Waals surface area contributed by atoms with Gasteiger partial charge in [0.1, 0.15) is 0 Å². The second kappa shape index (κ2) is 5.64. The second-order valence-electron chi connectivity index (χ2n) is 5.23.